The van der Waals surface area contributed by atoms with Gasteiger partial charge in [-0.3, -0.25) is 4.79 Å². The minimum absolute atomic E-state index is 0.0987. The lowest BCUT2D eigenvalue weighted by atomic mass is 10.0. The topological polar surface area (TPSA) is 87.1 Å². The second kappa shape index (κ2) is 3.15. The Hall–Kier alpha value is -2.02. The molecule has 0 unspecified atom stereocenters. The van der Waals surface area contributed by atoms with Crippen LogP contribution >= 0.6 is 0 Å². The molecule has 1 aromatic carbocycles. The Bertz CT molecular complexity index is 405. The number of nitrogen functional groups attached to an aromatic ring is 1. The lowest BCUT2D eigenvalue weighted by Crippen LogP contribution is -1.98. The Morgan fingerprint density at radius 1 is 1.62 bits per heavy atom. The molecule has 1 aromatic rings. The summed E-state index contributed by atoms with van der Waals surface area (Å²) in [4.78, 5) is 11.0. The molecule has 3 N–H and O–H groups in total. The molecule has 0 spiro atoms. The van der Waals surface area contributed by atoms with Gasteiger partial charge < -0.3 is 10.8 Å². The summed E-state index contributed by atoms with van der Waals surface area (Å²) >= 11 is 0. The fourth-order valence-electron chi connectivity index (χ4n) is 0.989. The Labute approximate surface area is 75.2 Å². The average molecular weight is 176 g/mol. The minimum Gasteiger partial charge on any atom is -0.506 e. The number of phenolic OH excluding ortho intramolecular Hbond substituents is 1. The highest BCUT2D eigenvalue weighted by Gasteiger charge is 2.10. The van der Waals surface area contributed by atoms with Crippen molar-refractivity contribution in [2.45, 2.75) is 6.92 Å². The van der Waals surface area contributed by atoms with E-state index in [9.17, 15) is 9.90 Å². The normalized spacial score (nSPS) is 9.23. The molecule has 0 aromatic heterocycles. The first-order valence-corrected chi connectivity index (χ1v) is 3.59. The van der Waals surface area contributed by atoms with Gasteiger partial charge in [-0.05, 0) is 19.1 Å². The Morgan fingerprint density at radius 3 is 2.69 bits per heavy atom. The highest BCUT2D eigenvalue weighted by atomic mass is 16.3. The molecular weight excluding hydrogens is 168 g/mol. The predicted molar refractivity (Wildman–Crippen MR) is 47.2 cm³/mol. The first-order valence-electron chi connectivity index (χ1n) is 3.59. The molecule has 1 rings (SSSR count). The van der Waals surface area contributed by atoms with E-state index >= 15 is 0 Å². The molecule has 0 atom stereocenters. The standard InChI is InChI=1S/C9H8N2O2/c1-5(12)7-3-9(13)8(11)2-6(7)4-10/h2-3,13H,11H2,1H3. The highest BCUT2D eigenvalue weighted by molar-refractivity contribution is 5.97. The van der Waals surface area contributed by atoms with Gasteiger partial charge in [0.1, 0.15) is 5.75 Å². The number of ketones is 1. The van der Waals surface area contributed by atoms with Gasteiger partial charge in [-0.15, -0.1) is 0 Å². The third-order valence-electron chi connectivity index (χ3n) is 1.67. The Kier molecular flexibility index (Phi) is 2.20. The van der Waals surface area contributed by atoms with Crippen LogP contribution < -0.4 is 5.73 Å². The lowest BCUT2D eigenvalue weighted by molar-refractivity contribution is 0.101. The molecule has 4 nitrogen and oxygen atoms in total. The molecule has 4 heteroatoms. The van der Waals surface area contributed by atoms with E-state index in [-0.39, 0.29) is 28.3 Å². The number of carbonyl (C=O) groups is 1. The van der Waals surface area contributed by atoms with E-state index < -0.39 is 0 Å². The van der Waals surface area contributed by atoms with Crippen molar-refractivity contribution >= 4 is 11.5 Å². The van der Waals surface area contributed by atoms with Crippen LogP contribution in [0.1, 0.15) is 22.8 Å². The van der Waals surface area contributed by atoms with E-state index in [0.29, 0.717) is 0 Å². The maximum Gasteiger partial charge on any atom is 0.161 e. The van der Waals surface area contributed by atoms with Gasteiger partial charge in [-0.25, -0.2) is 0 Å². The van der Waals surface area contributed by atoms with Gasteiger partial charge in [-0.1, -0.05) is 0 Å². The van der Waals surface area contributed by atoms with Gasteiger partial charge in [0.2, 0.25) is 0 Å². The summed E-state index contributed by atoms with van der Waals surface area (Å²) in [7, 11) is 0. The van der Waals surface area contributed by atoms with Crippen LogP contribution in [0.5, 0.6) is 5.75 Å². The van der Waals surface area contributed by atoms with Gasteiger partial charge in [0.25, 0.3) is 0 Å². The zero-order valence-corrected chi connectivity index (χ0v) is 7.03. The zero-order chi connectivity index (χ0) is 10.0. The van der Waals surface area contributed by atoms with Crippen molar-refractivity contribution in [1.29, 1.82) is 5.26 Å². The first-order chi connectivity index (χ1) is 6.06. The number of rotatable bonds is 1. The molecule has 0 saturated heterocycles. The molecule has 0 fully saturated rings. The second-order valence-electron chi connectivity index (χ2n) is 2.62. The third-order valence-corrected chi connectivity index (χ3v) is 1.67. The number of aromatic hydroxyl groups is 1. The van der Waals surface area contributed by atoms with E-state index in [0.717, 1.165) is 0 Å². The summed E-state index contributed by atoms with van der Waals surface area (Å²) in [6.45, 7) is 1.33. The van der Waals surface area contributed by atoms with Crippen LogP contribution in [0.4, 0.5) is 5.69 Å². The summed E-state index contributed by atoms with van der Waals surface area (Å²) in [5, 5.41) is 17.8. The second-order valence-corrected chi connectivity index (χ2v) is 2.62. The number of nitriles is 1. The first kappa shape index (κ1) is 9.07. The SMILES string of the molecule is CC(=O)c1cc(O)c(N)cc1C#N. The lowest BCUT2D eigenvalue weighted by Gasteiger charge is -2.03. The van der Waals surface area contributed by atoms with Crippen molar-refractivity contribution in [1.82, 2.24) is 0 Å². The van der Waals surface area contributed by atoms with Crippen molar-refractivity contribution in [2.24, 2.45) is 0 Å². The Balaban J connectivity index is 3.44. The molecule has 0 saturated carbocycles. The largest absolute Gasteiger partial charge is 0.506 e. The van der Waals surface area contributed by atoms with Crippen molar-refractivity contribution in [3.8, 4) is 11.8 Å². The number of phenols is 1. The average Bonchev–Trinajstić information content (AvgIpc) is 2.08. The van der Waals surface area contributed by atoms with Crippen LogP contribution in [0.25, 0.3) is 0 Å². The number of nitrogens with two attached hydrogens (primary N) is 1. The van der Waals surface area contributed by atoms with Gasteiger partial charge in [0.05, 0.1) is 17.3 Å². The van der Waals surface area contributed by atoms with Gasteiger partial charge in [-0.2, -0.15) is 5.26 Å². The summed E-state index contributed by atoms with van der Waals surface area (Å²) < 4.78 is 0. The maximum atomic E-state index is 11.0. The van der Waals surface area contributed by atoms with Crippen LogP contribution in [0.15, 0.2) is 12.1 Å². The van der Waals surface area contributed by atoms with Crippen LogP contribution in [0.2, 0.25) is 0 Å². The minimum atomic E-state index is -0.271. The predicted octanol–water partition coefficient (Wildman–Crippen LogP) is 1.05. The van der Waals surface area contributed by atoms with E-state index in [2.05, 4.69) is 0 Å². The molecule has 66 valence electrons. The number of anilines is 1. The monoisotopic (exact) mass is 176 g/mol. The number of hydrogen-bond acceptors (Lipinski definition) is 4. The van der Waals surface area contributed by atoms with Crippen LogP contribution in [0, 0.1) is 11.3 Å². The summed E-state index contributed by atoms with van der Waals surface area (Å²) in [6.07, 6.45) is 0. The number of benzene rings is 1. The molecule has 0 radical (unpaired) electrons. The van der Waals surface area contributed by atoms with Crippen molar-refractivity contribution in [3.63, 3.8) is 0 Å². The Morgan fingerprint density at radius 2 is 2.23 bits per heavy atom. The highest BCUT2D eigenvalue weighted by Crippen LogP contribution is 2.24. The fourth-order valence-corrected chi connectivity index (χ4v) is 0.989. The molecule has 0 heterocycles. The molecule has 0 aliphatic heterocycles. The maximum absolute atomic E-state index is 11.0. The van der Waals surface area contributed by atoms with Crippen LogP contribution in [-0.2, 0) is 0 Å². The van der Waals surface area contributed by atoms with Crippen LogP contribution in [-0.4, -0.2) is 10.9 Å². The number of nitrogens with zero attached hydrogens (tertiary/aromatic N) is 1. The third kappa shape index (κ3) is 1.59. The molecule has 0 amide bonds. The van der Waals surface area contributed by atoms with E-state index in [1.807, 2.05) is 6.07 Å². The molecule has 0 aliphatic rings. The number of hydrogen-bond donors (Lipinski definition) is 2. The molecule has 13 heavy (non-hydrogen) atoms. The van der Waals surface area contributed by atoms with Crippen LogP contribution in [0.3, 0.4) is 0 Å². The summed E-state index contributed by atoms with van der Waals surface area (Å²) in [5.41, 5.74) is 5.82. The zero-order valence-electron chi connectivity index (χ0n) is 7.03. The summed E-state index contributed by atoms with van der Waals surface area (Å²) in [5.74, 6) is -0.448. The molecule has 0 aliphatic carbocycles. The molecule has 0 bridgehead atoms. The summed E-state index contributed by atoms with van der Waals surface area (Å²) in [6, 6.07) is 4.32. The van der Waals surface area contributed by atoms with Gasteiger partial charge >= 0.3 is 0 Å². The smallest absolute Gasteiger partial charge is 0.161 e. The van der Waals surface area contributed by atoms with E-state index in [1.165, 1.54) is 19.1 Å². The van der Waals surface area contributed by atoms with E-state index in [4.69, 9.17) is 11.0 Å². The molecular formula is C9H8N2O2. The van der Waals surface area contributed by atoms with Crippen molar-refractivity contribution in [3.05, 3.63) is 23.3 Å². The number of carbonyl (C=O) groups excluding carboxylic acids is 1. The fraction of sp³-hybridized carbons (Fsp3) is 0.111. The van der Waals surface area contributed by atoms with E-state index in [1.54, 1.807) is 0 Å². The number of Topliss-reactive ketones (excluding diaryl/α,β-unsaturated/α-hetero) is 1. The van der Waals surface area contributed by atoms with Crippen molar-refractivity contribution < 1.29 is 9.90 Å². The quantitative estimate of drug-likeness (QED) is 0.380. The van der Waals surface area contributed by atoms with Gasteiger partial charge in [0.15, 0.2) is 5.78 Å². The van der Waals surface area contributed by atoms with Crippen molar-refractivity contribution in [2.75, 3.05) is 5.73 Å². The van der Waals surface area contributed by atoms with Gasteiger partial charge in [0, 0.05) is 5.56 Å².